The van der Waals surface area contributed by atoms with E-state index in [1.54, 1.807) is 0 Å². The highest BCUT2D eigenvalue weighted by atomic mass is 35.5. The van der Waals surface area contributed by atoms with Crippen molar-refractivity contribution in [3.63, 3.8) is 0 Å². The van der Waals surface area contributed by atoms with Crippen LogP contribution in [0.2, 0.25) is 0 Å². The van der Waals surface area contributed by atoms with E-state index >= 15 is 0 Å². The molecule has 18 heavy (non-hydrogen) atoms. The third kappa shape index (κ3) is 2.38. The number of hydrogen-bond acceptors (Lipinski definition) is 2. The van der Waals surface area contributed by atoms with Crippen molar-refractivity contribution in [2.24, 2.45) is 5.92 Å². The maximum atomic E-state index is 6.34. The van der Waals surface area contributed by atoms with E-state index in [0.717, 1.165) is 31.0 Å². The second kappa shape index (κ2) is 4.90. The zero-order valence-electron chi connectivity index (χ0n) is 10.6. The van der Waals surface area contributed by atoms with Gasteiger partial charge in [-0.1, -0.05) is 13.0 Å². The van der Waals surface area contributed by atoms with Crippen molar-refractivity contribution in [3.05, 3.63) is 36.3 Å². The summed E-state index contributed by atoms with van der Waals surface area (Å²) < 4.78 is 2.07. The van der Waals surface area contributed by atoms with Crippen molar-refractivity contribution in [1.29, 1.82) is 0 Å². The lowest BCUT2D eigenvalue weighted by molar-refractivity contribution is 0.188. The lowest BCUT2D eigenvalue weighted by atomic mass is 9.98. The Morgan fingerprint density at radius 1 is 1.44 bits per heavy atom. The van der Waals surface area contributed by atoms with Crippen LogP contribution in [-0.4, -0.2) is 32.8 Å². The topological polar surface area (TPSA) is 20.5 Å². The first-order valence-corrected chi connectivity index (χ1v) is 6.95. The number of halogens is 1. The van der Waals surface area contributed by atoms with E-state index in [-0.39, 0.29) is 5.38 Å². The van der Waals surface area contributed by atoms with E-state index in [9.17, 15) is 0 Å². The SMILES string of the molecule is CC1CCN(Cc2cn3ccccc3n2)CC1Cl. The molecule has 0 saturated carbocycles. The normalized spacial score (nSPS) is 25.7. The smallest absolute Gasteiger partial charge is 0.137 e. The fraction of sp³-hybridized carbons (Fsp3) is 0.500. The van der Waals surface area contributed by atoms with Crippen LogP contribution in [0.5, 0.6) is 0 Å². The minimum atomic E-state index is 0.274. The Kier molecular flexibility index (Phi) is 3.27. The zero-order chi connectivity index (χ0) is 12.5. The minimum Gasteiger partial charge on any atom is -0.307 e. The largest absolute Gasteiger partial charge is 0.307 e. The van der Waals surface area contributed by atoms with E-state index in [0.29, 0.717) is 5.92 Å². The molecule has 0 aliphatic carbocycles. The van der Waals surface area contributed by atoms with Crippen molar-refractivity contribution in [1.82, 2.24) is 14.3 Å². The highest BCUT2D eigenvalue weighted by Crippen LogP contribution is 2.22. The summed E-state index contributed by atoms with van der Waals surface area (Å²) in [5.41, 5.74) is 2.14. The van der Waals surface area contributed by atoms with E-state index in [2.05, 4.69) is 27.4 Å². The molecule has 1 fully saturated rings. The van der Waals surface area contributed by atoms with Gasteiger partial charge in [0.25, 0.3) is 0 Å². The monoisotopic (exact) mass is 263 g/mol. The summed E-state index contributed by atoms with van der Waals surface area (Å²) in [6.45, 7) is 5.23. The summed E-state index contributed by atoms with van der Waals surface area (Å²) in [5.74, 6) is 0.629. The Bertz CT molecular complexity index is 504. The van der Waals surface area contributed by atoms with Gasteiger partial charge < -0.3 is 4.40 Å². The van der Waals surface area contributed by atoms with Gasteiger partial charge in [-0.15, -0.1) is 11.6 Å². The van der Waals surface area contributed by atoms with Crippen LogP contribution in [0.4, 0.5) is 0 Å². The van der Waals surface area contributed by atoms with Crippen LogP contribution in [0, 0.1) is 5.92 Å². The number of fused-ring (bicyclic) bond motifs is 1. The molecular formula is C14H18ClN3. The predicted molar refractivity (Wildman–Crippen MR) is 73.9 cm³/mol. The average Bonchev–Trinajstić information content (AvgIpc) is 2.76. The van der Waals surface area contributed by atoms with Gasteiger partial charge in [0.1, 0.15) is 5.65 Å². The second-order valence-corrected chi connectivity index (χ2v) is 5.78. The quantitative estimate of drug-likeness (QED) is 0.777. The molecule has 2 unspecified atom stereocenters. The number of imidazole rings is 1. The van der Waals surface area contributed by atoms with Gasteiger partial charge in [0.05, 0.1) is 5.69 Å². The van der Waals surface area contributed by atoms with E-state index in [1.165, 1.54) is 6.42 Å². The Hall–Kier alpha value is -1.06. The van der Waals surface area contributed by atoms with Gasteiger partial charge >= 0.3 is 0 Å². The molecule has 2 aromatic heterocycles. The van der Waals surface area contributed by atoms with Gasteiger partial charge in [-0.3, -0.25) is 4.90 Å². The molecule has 1 saturated heterocycles. The number of nitrogens with zero attached hydrogens (tertiary/aromatic N) is 3. The lowest BCUT2D eigenvalue weighted by Crippen LogP contribution is -2.39. The highest BCUT2D eigenvalue weighted by molar-refractivity contribution is 6.21. The first-order valence-electron chi connectivity index (χ1n) is 6.51. The van der Waals surface area contributed by atoms with Crippen LogP contribution in [0.1, 0.15) is 19.0 Å². The van der Waals surface area contributed by atoms with E-state index in [1.807, 2.05) is 24.4 Å². The van der Waals surface area contributed by atoms with Crippen molar-refractivity contribution in [2.45, 2.75) is 25.3 Å². The average molecular weight is 264 g/mol. The maximum absolute atomic E-state index is 6.34. The van der Waals surface area contributed by atoms with Gasteiger partial charge in [0, 0.05) is 30.9 Å². The van der Waals surface area contributed by atoms with Crippen LogP contribution in [0.15, 0.2) is 30.6 Å². The van der Waals surface area contributed by atoms with Crippen LogP contribution in [-0.2, 0) is 6.54 Å². The highest BCUT2D eigenvalue weighted by Gasteiger charge is 2.24. The molecule has 2 aromatic rings. The lowest BCUT2D eigenvalue weighted by Gasteiger charge is -2.33. The van der Waals surface area contributed by atoms with Crippen LogP contribution in [0.25, 0.3) is 5.65 Å². The number of likely N-dealkylation sites (tertiary alicyclic amines) is 1. The summed E-state index contributed by atoms with van der Waals surface area (Å²) in [6, 6.07) is 6.07. The van der Waals surface area contributed by atoms with E-state index < -0.39 is 0 Å². The Morgan fingerprint density at radius 3 is 3.11 bits per heavy atom. The summed E-state index contributed by atoms with van der Waals surface area (Å²) in [5, 5.41) is 0.274. The van der Waals surface area contributed by atoms with Crippen LogP contribution < -0.4 is 0 Å². The zero-order valence-corrected chi connectivity index (χ0v) is 11.3. The summed E-state index contributed by atoms with van der Waals surface area (Å²) in [6.07, 6.45) is 5.33. The molecular weight excluding hydrogens is 246 g/mol. The molecule has 0 bridgehead atoms. The Morgan fingerprint density at radius 2 is 2.33 bits per heavy atom. The van der Waals surface area contributed by atoms with E-state index in [4.69, 9.17) is 11.6 Å². The van der Waals surface area contributed by atoms with Gasteiger partial charge in [-0.2, -0.15) is 0 Å². The molecule has 4 heteroatoms. The van der Waals surface area contributed by atoms with Crippen molar-refractivity contribution >= 4 is 17.2 Å². The van der Waals surface area contributed by atoms with Crippen LogP contribution in [0.3, 0.4) is 0 Å². The first kappa shape index (κ1) is 12.0. The third-order valence-electron chi connectivity index (χ3n) is 3.75. The third-order valence-corrected chi connectivity index (χ3v) is 4.32. The number of pyridine rings is 1. The molecule has 1 aliphatic rings. The summed E-state index contributed by atoms with van der Waals surface area (Å²) in [7, 11) is 0. The fourth-order valence-electron chi connectivity index (χ4n) is 2.52. The second-order valence-electron chi connectivity index (χ2n) is 5.22. The maximum Gasteiger partial charge on any atom is 0.137 e. The van der Waals surface area contributed by atoms with Gasteiger partial charge in [-0.05, 0) is 31.0 Å². The predicted octanol–water partition coefficient (Wildman–Crippen LogP) is 2.78. The Labute approximate surface area is 112 Å². The summed E-state index contributed by atoms with van der Waals surface area (Å²) >= 11 is 6.34. The van der Waals surface area contributed by atoms with Crippen molar-refractivity contribution in [3.8, 4) is 0 Å². The number of hydrogen-bond donors (Lipinski definition) is 0. The molecule has 0 amide bonds. The molecule has 0 aromatic carbocycles. The molecule has 0 radical (unpaired) electrons. The molecule has 96 valence electrons. The number of alkyl halides is 1. The standard InChI is InChI=1S/C14H18ClN3/c1-11-5-7-17(10-13(11)15)8-12-9-18-6-3-2-4-14(18)16-12/h2-4,6,9,11,13H,5,7-8,10H2,1H3. The molecule has 3 heterocycles. The van der Waals surface area contributed by atoms with Gasteiger partial charge in [0.15, 0.2) is 0 Å². The fourth-order valence-corrected chi connectivity index (χ4v) is 2.84. The molecule has 1 aliphatic heterocycles. The molecule has 0 spiro atoms. The number of rotatable bonds is 2. The van der Waals surface area contributed by atoms with Crippen LogP contribution >= 0.6 is 11.6 Å². The molecule has 0 N–H and O–H groups in total. The number of aromatic nitrogens is 2. The van der Waals surface area contributed by atoms with Crippen molar-refractivity contribution < 1.29 is 0 Å². The Balaban J connectivity index is 1.72. The number of piperidine rings is 1. The molecule has 3 nitrogen and oxygen atoms in total. The molecule has 2 atom stereocenters. The summed E-state index contributed by atoms with van der Waals surface area (Å²) in [4.78, 5) is 7.03. The van der Waals surface area contributed by atoms with Gasteiger partial charge in [0.2, 0.25) is 0 Å². The molecule has 3 rings (SSSR count). The minimum absolute atomic E-state index is 0.274. The van der Waals surface area contributed by atoms with Gasteiger partial charge in [-0.25, -0.2) is 4.98 Å². The van der Waals surface area contributed by atoms with Crippen molar-refractivity contribution in [2.75, 3.05) is 13.1 Å². The first-order chi connectivity index (χ1) is 8.72.